The van der Waals surface area contributed by atoms with Crippen LogP contribution in [0.15, 0.2) is 35.7 Å². The Morgan fingerprint density at radius 1 is 1.44 bits per heavy atom. The van der Waals surface area contributed by atoms with E-state index in [1.165, 1.54) is 11.3 Å². The Hall–Kier alpha value is -1.72. The highest BCUT2D eigenvalue weighted by Crippen LogP contribution is 2.11. The maximum Gasteiger partial charge on any atom is 0.241 e. The van der Waals surface area contributed by atoms with Gasteiger partial charge in [-0.05, 0) is 12.5 Å². The third-order valence-corrected chi connectivity index (χ3v) is 3.49. The van der Waals surface area contributed by atoms with Crippen LogP contribution in [0.4, 0.5) is 0 Å². The fraction of sp³-hybridized carbons (Fsp3) is 0.231. The molecule has 0 bridgehead atoms. The maximum absolute atomic E-state index is 11.9. The van der Waals surface area contributed by atoms with Gasteiger partial charge >= 0.3 is 0 Å². The normalized spacial score (nSPS) is 12.1. The molecule has 0 radical (unpaired) electrons. The molecular formula is C13H15N3OS. The summed E-state index contributed by atoms with van der Waals surface area (Å²) < 4.78 is 0. The van der Waals surface area contributed by atoms with Crippen LogP contribution < -0.4 is 11.1 Å². The van der Waals surface area contributed by atoms with E-state index in [0.717, 1.165) is 16.3 Å². The average Bonchev–Trinajstić information content (AvgIpc) is 2.82. The van der Waals surface area contributed by atoms with Crippen molar-refractivity contribution in [2.24, 2.45) is 5.73 Å². The van der Waals surface area contributed by atoms with Crippen LogP contribution in [0.3, 0.4) is 0 Å². The van der Waals surface area contributed by atoms with E-state index in [2.05, 4.69) is 10.3 Å². The highest BCUT2D eigenvalue weighted by Gasteiger charge is 2.15. The average molecular weight is 261 g/mol. The first-order valence-corrected chi connectivity index (χ1v) is 6.54. The van der Waals surface area contributed by atoms with E-state index in [9.17, 15) is 4.79 Å². The van der Waals surface area contributed by atoms with Gasteiger partial charge in [0.05, 0.1) is 6.54 Å². The number of hydrogen-bond donors (Lipinski definition) is 2. The number of aryl methyl sites for hydroxylation is 1. The van der Waals surface area contributed by atoms with Gasteiger partial charge in [0.25, 0.3) is 0 Å². The lowest BCUT2D eigenvalue weighted by Crippen LogP contribution is -2.33. The first kappa shape index (κ1) is 12.7. The zero-order chi connectivity index (χ0) is 13.0. The quantitative estimate of drug-likeness (QED) is 0.881. The molecule has 1 aromatic heterocycles. The lowest BCUT2D eigenvalue weighted by atomic mass is 10.1. The molecule has 2 rings (SSSR count). The Balaban J connectivity index is 1.92. The van der Waals surface area contributed by atoms with Crippen LogP contribution in [0.25, 0.3) is 0 Å². The molecule has 0 unspecified atom stereocenters. The lowest BCUT2D eigenvalue weighted by Gasteiger charge is -2.11. The lowest BCUT2D eigenvalue weighted by molar-refractivity contribution is -0.122. The number of nitrogens with one attached hydrogen (secondary N) is 1. The van der Waals surface area contributed by atoms with Gasteiger partial charge in [0.15, 0.2) is 0 Å². The van der Waals surface area contributed by atoms with E-state index in [0.29, 0.717) is 6.54 Å². The van der Waals surface area contributed by atoms with Crippen molar-refractivity contribution in [1.29, 1.82) is 0 Å². The molecule has 1 amide bonds. The van der Waals surface area contributed by atoms with Crippen molar-refractivity contribution in [3.63, 3.8) is 0 Å². The monoisotopic (exact) mass is 261 g/mol. The SMILES string of the molecule is Cc1csc(CNC(=O)[C@H](N)c2ccccc2)n1. The molecule has 0 fully saturated rings. The number of hydrogen-bond acceptors (Lipinski definition) is 4. The number of nitrogens with zero attached hydrogens (tertiary/aromatic N) is 1. The van der Waals surface area contributed by atoms with E-state index in [4.69, 9.17) is 5.73 Å². The Bertz CT molecular complexity index is 524. The smallest absolute Gasteiger partial charge is 0.241 e. The van der Waals surface area contributed by atoms with Crippen molar-refractivity contribution in [2.75, 3.05) is 0 Å². The van der Waals surface area contributed by atoms with Crippen LogP contribution in [-0.2, 0) is 11.3 Å². The van der Waals surface area contributed by atoms with Crippen LogP contribution >= 0.6 is 11.3 Å². The number of amides is 1. The Kier molecular flexibility index (Phi) is 4.07. The number of benzene rings is 1. The molecule has 4 nitrogen and oxygen atoms in total. The Morgan fingerprint density at radius 2 is 2.17 bits per heavy atom. The summed E-state index contributed by atoms with van der Waals surface area (Å²) in [5.74, 6) is -0.186. The van der Waals surface area contributed by atoms with Gasteiger partial charge in [0.1, 0.15) is 11.0 Å². The number of aromatic nitrogens is 1. The maximum atomic E-state index is 11.9. The van der Waals surface area contributed by atoms with Crippen molar-refractivity contribution in [1.82, 2.24) is 10.3 Å². The van der Waals surface area contributed by atoms with Gasteiger partial charge in [-0.25, -0.2) is 4.98 Å². The van der Waals surface area contributed by atoms with Gasteiger partial charge in [-0.15, -0.1) is 11.3 Å². The van der Waals surface area contributed by atoms with Gasteiger partial charge in [0.2, 0.25) is 5.91 Å². The Morgan fingerprint density at radius 3 is 2.78 bits per heavy atom. The van der Waals surface area contributed by atoms with E-state index in [-0.39, 0.29) is 5.91 Å². The van der Waals surface area contributed by atoms with E-state index in [1.54, 1.807) is 0 Å². The molecule has 0 aliphatic carbocycles. The van der Waals surface area contributed by atoms with Gasteiger partial charge in [-0.2, -0.15) is 0 Å². The van der Waals surface area contributed by atoms with Gasteiger partial charge in [0, 0.05) is 11.1 Å². The van der Waals surface area contributed by atoms with Crippen LogP contribution in [0, 0.1) is 6.92 Å². The van der Waals surface area contributed by atoms with Crippen LogP contribution in [0.5, 0.6) is 0 Å². The predicted octanol–water partition coefficient (Wildman–Crippen LogP) is 1.77. The standard InChI is InChI=1S/C13H15N3OS/c1-9-8-18-11(16-9)7-15-13(17)12(14)10-5-3-2-4-6-10/h2-6,8,12H,7,14H2,1H3,(H,15,17)/t12-/m1/s1. The number of nitrogens with two attached hydrogens (primary N) is 1. The van der Waals surface area contributed by atoms with Crippen molar-refractivity contribution < 1.29 is 4.79 Å². The van der Waals surface area contributed by atoms with E-state index < -0.39 is 6.04 Å². The molecule has 1 aromatic carbocycles. The molecule has 0 saturated heterocycles. The van der Waals surface area contributed by atoms with Crippen LogP contribution in [0.2, 0.25) is 0 Å². The third kappa shape index (κ3) is 3.15. The number of carbonyl (C=O) groups excluding carboxylic acids is 1. The minimum atomic E-state index is -0.632. The van der Waals surface area contributed by atoms with Crippen molar-refractivity contribution in [2.45, 2.75) is 19.5 Å². The Labute approximate surface area is 110 Å². The molecule has 5 heteroatoms. The summed E-state index contributed by atoms with van der Waals surface area (Å²) in [5, 5.41) is 5.64. The summed E-state index contributed by atoms with van der Waals surface area (Å²) in [6.07, 6.45) is 0. The highest BCUT2D eigenvalue weighted by molar-refractivity contribution is 7.09. The second kappa shape index (κ2) is 5.75. The second-order valence-electron chi connectivity index (χ2n) is 3.99. The zero-order valence-corrected chi connectivity index (χ0v) is 10.9. The van der Waals surface area contributed by atoms with Crippen molar-refractivity contribution in [3.8, 4) is 0 Å². The van der Waals surface area contributed by atoms with Crippen LogP contribution in [-0.4, -0.2) is 10.9 Å². The third-order valence-electron chi connectivity index (χ3n) is 2.52. The first-order chi connectivity index (χ1) is 8.66. The van der Waals surface area contributed by atoms with Crippen LogP contribution in [0.1, 0.15) is 22.3 Å². The summed E-state index contributed by atoms with van der Waals surface area (Å²) in [7, 11) is 0. The molecule has 3 N–H and O–H groups in total. The second-order valence-corrected chi connectivity index (χ2v) is 4.93. The van der Waals surface area contributed by atoms with E-state index >= 15 is 0 Å². The molecule has 0 saturated carbocycles. The molecular weight excluding hydrogens is 246 g/mol. The van der Waals surface area contributed by atoms with E-state index in [1.807, 2.05) is 42.6 Å². The first-order valence-electron chi connectivity index (χ1n) is 5.66. The fourth-order valence-corrected chi connectivity index (χ4v) is 2.28. The summed E-state index contributed by atoms with van der Waals surface area (Å²) in [6.45, 7) is 2.36. The molecule has 1 heterocycles. The minimum absolute atomic E-state index is 0.186. The van der Waals surface area contributed by atoms with Gasteiger partial charge in [-0.3, -0.25) is 4.79 Å². The predicted molar refractivity (Wildman–Crippen MR) is 72.1 cm³/mol. The summed E-state index contributed by atoms with van der Waals surface area (Å²) in [4.78, 5) is 16.1. The van der Waals surface area contributed by atoms with Crippen molar-refractivity contribution in [3.05, 3.63) is 52.0 Å². The molecule has 0 aliphatic rings. The summed E-state index contributed by atoms with van der Waals surface area (Å²) in [6, 6.07) is 8.69. The zero-order valence-electron chi connectivity index (χ0n) is 10.1. The number of carbonyl (C=O) groups is 1. The summed E-state index contributed by atoms with van der Waals surface area (Å²) >= 11 is 1.53. The van der Waals surface area contributed by atoms with Gasteiger partial charge < -0.3 is 11.1 Å². The summed E-state index contributed by atoms with van der Waals surface area (Å²) in [5.41, 5.74) is 7.66. The largest absolute Gasteiger partial charge is 0.348 e. The molecule has 1 atom stereocenters. The van der Waals surface area contributed by atoms with Crippen molar-refractivity contribution >= 4 is 17.2 Å². The molecule has 0 spiro atoms. The molecule has 94 valence electrons. The minimum Gasteiger partial charge on any atom is -0.348 e. The van der Waals surface area contributed by atoms with Gasteiger partial charge in [-0.1, -0.05) is 30.3 Å². The number of rotatable bonds is 4. The fourth-order valence-electron chi connectivity index (χ4n) is 1.57. The number of thiazole rings is 1. The molecule has 0 aliphatic heterocycles. The highest BCUT2D eigenvalue weighted by atomic mass is 32.1. The molecule has 18 heavy (non-hydrogen) atoms. The molecule has 2 aromatic rings. The topological polar surface area (TPSA) is 68.0 Å².